The molecule has 1 heterocycles. The van der Waals surface area contributed by atoms with E-state index in [4.69, 9.17) is 28.9 Å². The van der Waals surface area contributed by atoms with Gasteiger partial charge in [0.15, 0.2) is 0 Å². The number of para-hydroxylation sites is 1. The predicted octanol–water partition coefficient (Wildman–Crippen LogP) is 2.67. The van der Waals surface area contributed by atoms with Crippen LogP contribution in [-0.4, -0.2) is 18.6 Å². The molecule has 0 atom stereocenters. The molecule has 1 aliphatic rings. The van der Waals surface area contributed by atoms with Gasteiger partial charge in [0, 0.05) is 13.2 Å². The minimum absolute atomic E-state index is 0.608. The molecule has 1 aromatic carbocycles. The summed E-state index contributed by atoms with van der Waals surface area (Å²) < 4.78 is 0. The molecule has 0 radical (unpaired) electrons. The highest BCUT2D eigenvalue weighted by molar-refractivity contribution is 6.35. The summed E-state index contributed by atoms with van der Waals surface area (Å²) in [6, 6.07) is 5.43. The van der Waals surface area contributed by atoms with Crippen molar-refractivity contribution in [1.82, 2.24) is 4.90 Å². The van der Waals surface area contributed by atoms with E-state index in [1.54, 1.807) is 6.07 Å². The van der Waals surface area contributed by atoms with Crippen LogP contribution in [0.3, 0.4) is 0 Å². The van der Waals surface area contributed by atoms with Gasteiger partial charge in [0.05, 0.1) is 23.1 Å². The topological polar surface area (TPSA) is 32.5 Å². The van der Waals surface area contributed by atoms with Crippen LogP contribution in [0.25, 0.3) is 0 Å². The number of hydrogen-bond donors (Lipinski definition) is 1. The Morgan fingerprint density at radius 3 is 2.60 bits per heavy atom. The van der Waals surface area contributed by atoms with E-state index < -0.39 is 0 Å². The first kappa shape index (κ1) is 10.5. The van der Waals surface area contributed by atoms with Crippen molar-refractivity contribution in [3.63, 3.8) is 0 Å². The highest BCUT2D eigenvalue weighted by Crippen LogP contribution is 2.36. The first-order valence-corrected chi connectivity index (χ1v) is 5.24. The molecule has 0 aliphatic carbocycles. The van der Waals surface area contributed by atoms with Crippen LogP contribution in [0.2, 0.25) is 5.02 Å². The molecule has 0 amide bonds. The van der Waals surface area contributed by atoms with E-state index >= 15 is 0 Å². The lowest BCUT2D eigenvalue weighted by Gasteiger charge is -2.22. The van der Waals surface area contributed by atoms with Crippen LogP contribution in [0.1, 0.15) is 0 Å². The molecule has 3 nitrogen and oxygen atoms in total. The molecule has 0 unspecified atom stereocenters. The van der Waals surface area contributed by atoms with Crippen LogP contribution in [0, 0.1) is 0 Å². The zero-order chi connectivity index (χ0) is 11.0. The molecule has 0 fully saturated rings. The molecule has 15 heavy (non-hydrogen) atoms. The maximum Gasteiger partial charge on any atom is 0.127 e. The van der Waals surface area contributed by atoms with E-state index in [9.17, 15) is 0 Å². The Bertz CT molecular complexity index is 397. The monoisotopic (exact) mass is 243 g/mol. The van der Waals surface area contributed by atoms with Gasteiger partial charge < -0.3 is 15.5 Å². The molecule has 0 saturated heterocycles. The maximum absolute atomic E-state index is 6.10. The summed E-state index contributed by atoms with van der Waals surface area (Å²) in [6.45, 7) is 0.659. The van der Waals surface area contributed by atoms with Gasteiger partial charge in [-0.15, -0.1) is 0 Å². The van der Waals surface area contributed by atoms with Crippen molar-refractivity contribution in [3.8, 4) is 0 Å². The summed E-state index contributed by atoms with van der Waals surface area (Å²) >= 11 is 12.2. The average Bonchev–Trinajstić information content (AvgIpc) is 2.45. The molecule has 0 saturated carbocycles. The summed E-state index contributed by atoms with van der Waals surface area (Å²) in [6.07, 6.45) is 1.84. The third-order valence-electron chi connectivity index (χ3n) is 2.24. The van der Waals surface area contributed by atoms with Gasteiger partial charge in [-0.05, 0) is 12.1 Å². The van der Waals surface area contributed by atoms with Crippen LogP contribution in [0.15, 0.2) is 29.6 Å². The Labute approximate surface area is 98.7 Å². The van der Waals surface area contributed by atoms with Crippen molar-refractivity contribution in [3.05, 3.63) is 34.6 Å². The summed E-state index contributed by atoms with van der Waals surface area (Å²) in [5.41, 5.74) is 7.28. The fourth-order valence-corrected chi connectivity index (χ4v) is 2.17. The van der Waals surface area contributed by atoms with Gasteiger partial charge in [0.25, 0.3) is 0 Å². The lowest BCUT2D eigenvalue weighted by atomic mass is 10.2. The Morgan fingerprint density at radius 2 is 2.07 bits per heavy atom. The van der Waals surface area contributed by atoms with Crippen LogP contribution in [0.4, 0.5) is 11.4 Å². The van der Waals surface area contributed by atoms with E-state index in [0.717, 1.165) is 5.69 Å². The second kappa shape index (κ2) is 3.83. The first-order valence-electron chi connectivity index (χ1n) is 4.48. The largest absolute Gasteiger partial charge is 0.397 e. The fraction of sp³-hybridized carbons (Fsp3) is 0.200. The maximum atomic E-state index is 6.10. The van der Waals surface area contributed by atoms with Crippen molar-refractivity contribution < 1.29 is 0 Å². The van der Waals surface area contributed by atoms with Crippen LogP contribution < -0.4 is 10.6 Å². The van der Waals surface area contributed by atoms with Crippen LogP contribution in [-0.2, 0) is 0 Å². The number of nitrogen functional groups attached to an aromatic ring is 1. The van der Waals surface area contributed by atoms with Gasteiger partial charge >= 0.3 is 0 Å². The minimum Gasteiger partial charge on any atom is -0.397 e. The van der Waals surface area contributed by atoms with E-state index in [-0.39, 0.29) is 0 Å². The normalized spacial score (nSPS) is 15.8. The van der Waals surface area contributed by atoms with E-state index in [1.165, 1.54) is 0 Å². The lowest BCUT2D eigenvalue weighted by molar-refractivity contribution is 0.496. The number of hydrogen-bond acceptors (Lipinski definition) is 3. The van der Waals surface area contributed by atoms with Crippen molar-refractivity contribution in [1.29, 1.82) is 0 Å². The van der Waals surface area contributed by atoms with Gasteiger partial charge in [-0.25, -0.2) is 0 Å². The Kier molecular flexibility index (Phi) is 2.67. The highest BCUT2D eigenvalue weighted by Gasteiger charge is 2.22. The Balaban J connectivity index is 2.43. The second-order valence-electron chi connectivity index (χ2n) is 3.46. The molecular formula is C10H11Cl2N3. The minimum atomic E-state index is 0.608. The van der Waals surface area contributed by atoms with Gasteiger partial charge in [0.2, 0.25) is 0 Å². The molecule has 0 bridgehead atoms. The van der Waals surface area contributed by atoms with E-state index in [2.05, 4.69) is 0 Å². The molecule has 1 aliphatic heterocycles. The lowest BCUT2D eigenvalue weighted by Crippen LogP contribution is -2.24. The fourth-order valence-electron chi connectivity index (χ4n) is 1.58. The quantitative estimate of drug-likeness (QED) is 0.608. The van der Waals surface area contributed by atoms with Crippen LogP contribution >= 0.6 is 23.2 Å². The summed E-state index contributed by atoms with van der Waals surface area (Å²) in [5.74, 6) is 0. The number of nitrogens with zero attached hydrogens (tertiary/aromatic N) is 2. The number of benzene rings is 1. The van der Waals surface area contributed by atoms with Crippen molar-refractivity contribution in [2.24, 2.45) is 0 Å². The number of nitrogens with two attached hydrogens (primary N) is 1. The zero-order valence-electron chi connectivity index (χ0n) is 8.24. The van der Waals surface area contributed by atoms with E-state index in [0.29, 0.717) is 22.5 Å². The number of rotatable bonds is 1. The van der Waals surface area contributed by atoms with Gasteiger partial charge in [0.1, 0.15) is 5.16 Å². The summed E-state index contributed by atoms with van der Waals surface area (Å²) in [5, 5.41) is 1.23. The Morgan fingerprint density at radius 1 is 1.33 bits per heavy atom. The van der Waals surface area contributed by atoms with Crippen molar-refractivity contribution in [2.75, 3.05) is 24.3 Å². The molecule has 5 heteroatoms. The van der Waals surface area contributed by atoms with Gasteiger partial charge in [-0.1, -0.05) is 29.3 Å². The Hall–Kier alpha value is -1.06. The van der Waals surface area contributed by atoms with Gasteiger partial charge in [-0.3, -0.25) is 0 Å². The number of anilines is 2. The molecule has 1 aromatic rings. The van der Waals surface area contributed by atoms with Gasteiger partial charge in [-0.2, -0.15) is 0 Å². The third kappa shape index (κ3) is 1.85. The van der Waals surface area contributed by atoms with Crippen molar-refractivity contribution in [2.45, 2.75) is 0 Å². The van der Waals surface area contributed by atoms with Crippen LogP contribution in [0.5, 0.6) is 0 Å². The molecule has 2 N–H and O–H groups in total. The van der Waals surface area contributed by atoms with E-state index in [1.807, 2.05) is 35.2 Å². The van der Waals surface area contributed by atoms with Crippen molar-refractivity contribution >= 4 is 34.6 Å². The molecular weight excluding hydrogens is 233 g/mol. The summed E-state index contributed by atoms with van der Waals surface area (Å²) in [4.78, 5) is 3.84. The molecule has 2 rings (SSSR count). The molecule has 0 aromatic heterocycles. The summed E-state index contributed by atoms with van der Waals surface area (Å²) in [7, 11) is 1.94. The average molecular weight is 244 g/mol. The standard InChI is InChI=1S/C10H11Cl2N3/c1-14-5-9(12)15(6-14)10-7(11)3-2-4-8(10)13/h2-5H,6,13H2,1H3. The molecule has 80 valence electrons. The zero-order valence-corrected chi connectivity index (χ0v) is 9.76. The highest BCUT2D eigenvalue weighted by atomic mass is 35.5. The predicted molar refractivity (Wildman–Crippen MR) is 64.9 cm³/mol. The molecule has 0 spiro atoms. The third-order valence-corrected chi connectivity index (χ3v) is 2.84. The smallest absolute Gasteiger partial charge is 0.127 e. The second-order valence-corrected chi connectivity index (χ2v) is 4.25. The SMILES string of the molecule is CN1C=C(Cl)N(c2c(N)cccc2Cl)C1. The first-order chi connectivity index (χ1) is 7.09. The number of halogens is 2.